The van der Waals surface area contributed by atoms with Crippen molar-refractivity contribution >= 4 is 23.1 Å². The summed E-state index contributed by atoms with van der Waals surface area (Å²) in [5, 5.41) is 7.39. The van der Waals surface area contributed by atoms with Crippen molar-refractivity contribution in [3.63, 3.8) is 0 Å². The SMILES string of the molecule is Cn1cc(-c2ccc(-c3cnc4cccc(N5CCC6(CC5)C(=O)Nc5ccccc56)n34)cc2)cn1. The summed E-state index contributed by atoms with van der Waals surface area (Å²) in [7, 11) is 1.93. The fourth-order valence-corrected chi connectivity index (χ4v) is 5.86. The molecule has 2 aromatic carbocycles. The Labute approximate surface area is 209 Å². The maximum absolute atomic E-state index is 13.0. The van der Waals surface area contributed by atoms with E-state index in [2.05, 4.69) is 62.2 Å². The molecule has 1 spiro atoms. The maximum atomic E-state index is 13.0. The van der Waals surface area contributed by atoms with Gasteiger partial charge in [-0.2, -0.15) is 5.10 Å². The van der Waals surface area contributed by atoms with Crippen molar-refractivity contribution in [3.05, 3.63) is 90.9 Å². The zero-order valence-corrected chi connectivity index (χ0v) is 20.1. The summed E-state index contributed by atoms with van der Waals surface area (Å²) in [4.78, 5) is 20.1. The number of piperidine rings is 1. The van der Waals surface area contributed by atoms with E-state index in [1.54, 1.807) is 0 Å². The van der Waals surface area contributed by atoms with E-state index in [0.29, 0.717) is 0 Å². The molecule has 0 unspecified atom stereocenters. The summed E-state index contributed by atoms with van der Waals surface area (Å²) in [6.07, 6.45) is 7.43. The fraction of sp³-hybridized carbons (Fsp3) is 0.207. The van der Waals surface area contributed by atoms with Gasteiger partial charge in [-0.3, -0.25) is 13.9 Å². The maximum Gasteiger partial charge on any atom is 0.235 e. The number of benzene rings is 2. The highest BCUT2D eigenvalue weighted by atomic mass is 16.2. The topological polar surface area (TPSA) is 67.5 Å². The van der Waals surface area contributed by atoms with Crippen LogP contribution in [0.25, 0.3) is 28.0 Å². The van der Waals surface area contributed by atoms with Crippen LogP contribution in [-0.2, 0) is 17.3 Å². The Morgan fingerprint density at radius 3 is 2.42 bits per heavy atom. The van der Waals surface area contributed by atoms with E-state index in [4.69, 9.17) is 4.98 Å². The zero-order valence-electron chi connectivity index (χ0n) is 20.1. The first-order valence-electron chi connectivity index (χ1n) is 12.3. The number of aromatic nitrogens is 4. The minimum Gasteiger partial charge on any atom is -0.358 e. The summed E-state index contributed by atoms with van der Waals surface area (Å²) in [6, 6.07) is 23.0. The summed E-state index contributed by atoms with van der Waals surface area (Å²) in [5.41, 5.74) is 7.00. The largest absolute Gasteiger partial charge is 0.358 e. The number of rotatable bonds is 3. The van der Waals surface area contributed by atoms with Crippen LogP contribution in [0.4, 0.5) is 11.5 Å². The Kier molecular flexibility index (Phi) is 4.54. The van der Waals surface area contributed by atoms with Crippen LogP contribution in [0.2, 0.25) is 0 Å². The molecule has 1 N–H and O–H groups in total. The number of carbonyl (C=O) groups excluding carboxylic acids is 1. The predicted molar refractivity (Wildman–Crippen MR) is 141 cm³/mol. The smallest absolute Gasteiger partial charge is 0.235 e. The lowest BCUT2D eigenvalue weighted by molar-refractivity contribution is -0.121. The van der Waals surface area contributed by atoms with Gasteiger partial charge in [0.25, 0.3) is 0 Å². The van der Waals surface area contributed by atoms with E-state index in [9.17, 15) is 4.79 Å². The van der Waals surface area contributed by atoms with Gasteiger partial charge in [0, 0.05) is 43.1 Å². The Hall–Kier alpha value is -4.39. The number of para-hydroxylation sites is 1. The number of anilines is 2. The molecule has 5 aromatic rings. The van der Waals surface area contributed by atoms with Gasteiger partial charge in [0.2, 0.25) is 5.91 Å². The normalized spacial score (nSPS) is 16.5. The Bertz CT molecular complexity index is 1600. The van der Waals surface area contributed by atoms with Crippen molar-refractivity contribution in [2.24, 2.45) is 7.05 Å². The van der Waals surface area contributed by atoms with Gasteiger partial charge in [0.1, 0.15) is 11.5 Å². The highest BCUT2D eigenvalue weighted by Gasteiger charge is 2.48. The molecule has 0 aliphatic carbocycles. The second-order valence-electron chi connectivity index (χ2n) is 9.77. The fourth-order valence-electron chi connectivity index (χ4n) is 5.86. The van der Waals surface area contributed by atoms with Crippen molar-refractivity contribution in [3.8, 4) is 22.4 Å². The zero-order chi connectivity index (χ0) is 24.3. The standard InChI is InChI=1S/C29H26N6O/c1-33-19-22(17-31-33)20-9-11-21(12-10-20)25-18-30-26-7-4-8-27(35(25)26)34-15-13-29(14-16-34)23-5-2-3-6-24(23)32-28(29)36/h2-12,17-19H,13-16H2,1H3,(H,32,36). The highest BCUT2D eigenvalue weighted by Crippen LogP contribution is 2.45. The van der Waals surface area contributed by atoms with E-state index in [0.717, 1.165) is 71.0 Å². The third-order valence-corrected chi connectivity index (χ3v) is 7.79. The van der Waals surface area contributed by atoms with Gasteiger partial charge in [0.05, 0.1) is 23.5 Å². The van der Waals surface area contributed by atoms with Crippen LogP contribution < -0.4 is 10.2 Å². The molecule has 7 rings (SSSR count). The molecule has 0 saturated carbocycles. The van der Waals surface area contributed by atoms with Crippen molar-refractivity contribution in [2.45, 2.75) is 18.3 Å². The van der Waals surface area contributed by atoms with E-state index < -0.39 is 5.41 Å². The molecule has 7 heteroatoms. The molecule has 0 bridgehead atoms. The molecule has 0 radical (unpaired) electrons. The van der Waals surface area contributed by atoms with Crippen molar-refractivity contribution in [1.82, 2.24) is 19.2 Å². The van der Waals surface area contributed by atoms with Crippen LogP contribution in [0, 0.1) is 0 Å². The average molecular weight is 475 g/mol. The molecule has 1 fully saturated rings. The van der Waals surface area contributed by atoms with Gasteiger partial charge >= 0.3 is 0 Å². The summed E-state index contributed by atoms with van der Waals surface area (Å²) in [6.45, 7) is 1.61. The molecule has 2 aliphatic heterocycles. The first-order chi connectivity index (χ1) is 17.6. The number of amides is 1. The van der Waals surface area contributed by atoms with Crippen molar-refractivity contribution in [2.75, 3.05) is 23.3 Å². The molecule has 7 nitrogen and oxygen atoms in total. The van der Waals surface area contributed by atoms with Gasteiger partial charge in [0.15, 0.2) is 0 Å². The third kappa shape index (κ3) is 3.09. The van der Waals surface area contributed by atoms with Gasteiger partial charge < -0.3 is 10.2 Å². The molecule has 0 atom stereocenters. The molecule has 1 amide bonds. The van der Waals surface area contributed by atoms with Gasteiger partial charge in [-0.05, 0) is 42.2 Å². The van der Waals surface area contributed by atoms with Gasteiger partial charge in [-0.1, -0.05) is 48.5 Å². The van der Waals surface area contributed by atoms with E-state index in [1.807, 2.05) is 54.6 Å². The number of nitrogens with one attached hydrogen (secondary N) is 1. The number of hydrogen-bond acceptors (Lipinski definition) is 4. The number of carbonyl (C=O) groups is 1. The second-order valence-corrected chi connectivity index (χ2v) is 9.77. The van der Waals surface area contributed by atoms with Crippen LogP contribution in [0.3, 0.4) is 0 Å². The molecule has 5 heterocycles. The number of pyridine rings is 1. The lowest BCUT2D eigenvalue weighted by Crippen LogP contribution is -2.47. The van der Waals surface area contributed by atoms with Crippen LogP contribution >= 0.6 is 0 Å². The number of fused-ring (bicyclic) bond motifs is 3. The summed E-state index contributed by atoms with van der Waals surface area (Å²) in [5.74, 6) is 1.25. The minimum atomic E-state index is -0.430. The number of hydrogen-bond donors (Lipinski definition) is 1. The van der Waals surface area contributed by atoms with E-state index >= 15 is 0 Å². The van der Waals surface area contributed by atoms with E-state index in [-0.39, 0.29) is 5.91 Å². The Morgan fingerprint density at radius 2 is 1.64 bits per heavy atom. The van der Waals surface area contributed by atoms with Crippen molar-refractivity contribution < 1.29 is 4.79 Å². The third-order valence-electron chi connectivity index (χ3n) is 7.79. The molecular weight excluding hydrogens is 448 g/mol. The first-order valence-corrected chi connectivity index (χ1v) is 12.3. The van der Waals surface area contributed by atoms with E-state index in [1.165, 1.54) is 0 Å². The van der Waals surface area contributed by atoms with Gasteiger partial charge in [-0.25, -0.2) is 4.98 Å². The highest BCUT2D eigenvalue weighted by molar-refractivity contribution is 6.06. The summed E-state index contributed by atoms with van der Waals surface area (Å²) >= 11 is 0. The van der Waals surface area contributed by atoms with Crippen molar-refractivity contribution in [1.29, 1.82) is 0 Å². The predicted octanol–water partition coefficient (Wildman–Crippen LogP) is 4.89. The van der Waals surface area contributed by atoms with Crippen LogP contribution in [0.1, 0.15) is 18.4 Å². The summed E-state index contributed by atoms with van der Waals surface area (Å²) < 4.78 is 4.05. The van der Waals surface area contributed by atoms with Crippen LogP contribution in [0.5, 0.6) is 0 Å². The lowest BCUT2D eigenvalue weighted by atomic mass is 9.73. The second kappa shape index (κ2) is 7.81. The molecule has 1 saturated heterocycles. The minimum absolute atomic E-state index is 0.138. The lowest BCUT2D eigenvalue weighted by Gasteiger charge is -2.39. The monoisotopic (exact) mass is 474 g/mol. The Balaban J connectivity index is 1.21. The number of nitrogens with zero attached hydrogens (tertiary/aromatic N) is 5. The molecule has 178 valence electrons. The van der Waals surface area contributed by atoms with Gasteiger partial charge in [-0.15, -0.1) is 0 Å². The molecule has 3 aromatic heterocycles. The molecule has 2 aliphatic rings. The first kappa shape index (κ1) is 20.9. The molecular formula is C29H26N6O. The van der Waals surface area contributed by atoms with Crippen LogP contribution in [0.15, 0.2) is 85.3 Å². The average Bonchev–Trinajstić information content (AvgIpc) is 3.61. The van der Waals surface area contributed by atoms with Crippen LogP contribution in [-0.4, -0.2) is 38.2 Å². The number of aryl methyl sites for hydroxylation is 1. The Morgan fingerprint density at radius 1 is 0.861 bits per heavy atom. The number of imidazole rings is 1. The molecule has 36 heavy (non-hydrogen) atoms. The quantitative estimate of drug-likeness (QED) is 0.404.